The maximum Gasteiger partial charge on any atom is 0.341 e. The second-order valence-electron chi connectivity index (χ2n) is 10.7. The molecule has 1 aromatic rings. The summed E-state index contributed by atoms with van der Waals surface area (Å²) in [5.74, 6) is 2.72. The molecule has 1 aromatic heterocycles. The highest BCUT2D eigenvalue weighted by atomic mass is 32.1. The quantitative estimate of drug-likeness (QED) is 0.652. The van der Waals surface area contributed by atoms with Crippen LogP contribution in [0.1, 0.15) is 86.5 Å². The number of carbonyl (C=O) groups is 2. The van der Waals surface area contributed by atoms with Gasteiger partial charge in [0.25, 0.3) is 0 Å². The van der Waals surface area contributed by atoms with Crippen molar-refractivity contribution < 1.29 is 14.3 Å². The van der Waals surface area contributed by atoms with E-state index in [1.807, 2.05) is 13.8 Å². The fourth-order valence-electron chi connectivity index (χ4n) is 6.95. The van der Waals surface area contributed by atoms with Gasteiger partial charge in [0.15, 0.2) is 0 Å². The Morgan fingerprint density at radius 3 is 2.31 bits per heavy atom. The number of carbonyl (C=O) groups excluding carboxylic acids is 2. The molecule has 0 aliphatic heterocycles. The Labute approximate surface area is 177 Å². The van der Waals surface area contributed by atoms with Gasteiger partial charge in [-0.2, -0.15) is 0 Å². The summed E-state index contributed by atoms with van der Waals surface area (Å²) < 4.78 is 5.58. The van der Waals surface area contributed by atoms with Crippen molar-refractivity contribution in [2.24, 2.45) is 29.1 Å². The van der Waals surface area contributed by atoms with Gasteiger partial charge in [0, 0.05) is 4.88 Å². The molecule has 5 aliphatic carbocycles. The zero-order chi connectivity index (χ0) is 20.3. The summed E-state index contributed by atoms with van der Waals surface area (Å²) >= 11 is 1.62. The lowest BCUT2D eigenvalue weighted by molar-refractivity contribution is -0.140. The molecule has 0 saturated heterocycles. The highest BCUT2D eigenvalue weighted by molar-refractivity contribution is 7.17. The predicted molar refractivity (Wildman–Crippen MR) is 115 cm³/mol. The van der Waals surface area contributed by atoms with Gasteiger partial charge in [-0.1, -0.05) is 6.92 Å². The molecule has 4 fully saturated rings. The molecule has 5 aliphatic rings. The van der Waals surface area contributed by atoms with E-state index in [4.69, 9.17) is 4.74 Å². The van der Waals surface area contributed by atoms with E-state index in [0.29, 0.717) is 11.5 Å². The number of nitrogens with one attached hydrogen (secondary N) is 1. The number of fused-ring (bicyclic) bond motifs is 1. The maximum atomic E-state index is 13.6. The molecule has 6 rings (SSSR count). The van der Waals surface area contributed by atoms with Crippen LogP contribution in [0.25, 0.3) is 0 Å². The average Bonchev–Trinajstić information content (AvgIpc) is 2.96. The van der Waals surface area contributed by atoms with Gasteiger partial charge < -0.3 is 10.1 Å². The predicted octanol–water partition coefficient (Wildman–Crippen LogP) is 5.59. The number of amides is 1. The highest BCUT2D eigenvalue weighted by Crippen LogP contribution is 2.60. The summed E-state index contributed by atoms with van der Waals surface area (Å²) in [4.78, 5) is 27.8. The monoisotopic (exact) mass is 415 g/mol. The topological polar surface area (TPSA) is 55.4 Å². The molecule has 0 spiro atoms. The second kappa shape index (κ2) is 7.11. The Morgan fingerprint density at radius 2 is 1.72 bits per heavy atom. The molecule has 0 aromatic carbocycles. The van der Waals surface area contributed by atoms with Crippen LogP contribution in [0.3, 0.4) is 0 Å². The number of thiophene rings is 1. The first-order valence-electron chi connectivity index (χ1n) is 11.5. The van der Waals surface area contributed by atoms with E-state index in [0.717, 1.165) is 66.8 Å². The lowest BCUT2D eigenvalue weighted by atomic mass is 9.49. The SMILES string of the molecule is CC(C)OC(=O)c1c(NC(=O)C23CC4CC(CC(C4)C2)C3)sc2c1CC[C@H](C)C2. The third-order valence-corrected chi connectivity index (χ3v) is 8.98. The molecule has 4 nitrogen and oxygen atoms in total. The molecule has 1 N–H and O–H groups in total. The molecule has 1 heterocycles. The summed E-state index contributed by atoms with van der Waals surface area (Å²) in [5.41, 5.74) is 1.56. The molecular formula is C24H33NO3S. The van der Waals surface area contributed by atoms with Gasteiger partial charge in [0.1, 0.15) is 5.00 Å². The Hall–Kier alpha value is -1.36. The first-order chi connectivity index (χ1) is 13.8. The number of esters is 1. The molecule has 1 atom stereocenters. The summed E-state index contributed by atoms with van der Waals surface area (Å²) in [7, 11) is 0. The van der Waals surface area contributed by atoms with E-state index in [9.17, 15) is 9.59 Å². The van der Waals surface area contributed by atoms with E-state index in [2.05, 4.69) is 12.2 Å². The minimum atomic E-state index is -0.270. The summed E-state index contributed by atoms with van der Waals surface area (Å²) in [6.45, 7) is 6.03. The minimum absolute atomic E-state index is 0.160. The van der Waals surface area contributed by atoms with Gasteiger partial charge in [-0.15, -0.1) is 11.3 Å². The standard InChI is InChI=1S/C24H33NO3S/c1-13(2)28-22(26)20-18-5-4-14(3)6-19(18)29-21(20)25-23(27)24-10-15-7-16(11-24)9-17(8-15)12-24/h13-17H,4-12H2,1-3H3,(H,25,27)/t14-,15?,16?,17?,24?/m0/s1. The Bertz CT molecular complexity index is 804. The van der Waals surface area contributed by atoms with Crippen molar-refractivity contribution >= 4 is 28.2 Å². The van der Waals surface area contributed by atoms with Crippen molar-refractivity contribution in [1.82, 2.24) is 0 Å². The fourth-order valence-corrected chi connectivity index (χ4v) is 8.35. The van der Waals surface area contributed by atoms with Gasteiger partial charge in [-0.25, -0.2) is 4.79 Å². The minimum Gasteiger partial charge on any atom is -0.459 e. The van der Waals surface area contributed by atoms with E-state index in [1.165, 1.54) is 24.1 Å². The molecule has 158 valence electrons. The fraction of sp³-hybridized carbons (Fsp3) is 0.750. The van der Waals surface area contributed by atoms with E-state index in [-0.39, 0.29) is 23.4 Å². The molecule has 4 saturated carbocycles. The van der Waals surface area contributed by atoms with Crippen LogP contribution in [0.2, 0.25) is 0 Å². The Kier molecular flexibility index (Phi) is 4.80. The molecule has 0 unspecified atom stereocenters. The molecule has 0 radical (unpaired) electrons. The smallest absolute Gasteiger partial charge is 0.341 e. The van der Waals surface area contributed by atoms with Crippen LogP contribution < -0.4 is 5.32 Å². The van der Waals surface area contributed by atoms with Crippen LogP contribution >= 0.6 is 11.3 Å². The lowest BCUT2D eigenvalue weighted by Gasteiger charge is -2.55. The van der Waals surface area contributed by atoms with Crippen molar-refractivity contribution in [2.75, 3.05) is 5.32 Å². The van der Waals surface area contributed by atoms with Crippen LogP contribution in [0.5, 0.6) is 0 Å². The van der Waals surface area contributed by atoms with Crippen LogP contribution in [0, 0.1) is 29.1 Å². The van der Waals surface area contributed by atoms with Crippen molar-refractivity contribution in [1.29, 1.82) is 0 Å². The van der Waals surface area contributed by atoms with Crippen LogP contribution in [0.15, 0.2) is 0 Å². The number of rotatable bonds is 4. The van der Waals surface area contributed by atoms with Gasteiger partial charge in [-0.05, 0) is 101 Å². The zero-order valence-corrected chi connectivity index (χ0v) is 18.7. The second-order valence-corrected chi connectivity index (χ2v) is 11.8. The molecular weight excluding hydrogens is 382 g/mol. The lowest BCUT2D eigenvalue weighted by Crippen LogP contribution is -2.51. The van der Waals surface area contributed by atoms with Crippen LogP contribution in [-0.4, -0.2) is 18.0 Å². The van der Waals surface area contributed by atoms with Gasteiger partial charge >= 0.3 is 5.97 Å². The van der Waals surface area contributed by atoms with Crippen LogP contribution in [-0.2, 0) is 22.4 Å². The Balaban J connectivity index is 1.45. The van der Waals surface area contributed by atoms with E-state index in [1.54, 1.807) is 11.3 Å². The maximum absolute atomic E-state index is 13.6. The Morgan fingerprint density at radius 1 is 1.10 bits per heavy atom. The third-order valence-electron chi connectivity index (χ3n) is 7.81. The number of ether oxygens (including phenoxy) is 1. The zero-order valence-electron chi connectivity index (χ0n) is 17.9. The summed E-state index contributed by atoms with van der Waals surface area (Å²) in [5, 5.41) is 4.02. The van der Waals surface area contributed by atoms with Crippen molar-refractivity contribution in [3.8, 4) is 0 Å². The van der Waals surface area contributed by atoms with Crippen molar-refractivity contribution in [3.63, 3.8) is 0 Å². The van der Waals surface area contributed by atoms with Gasteiger partial charge in [0.05, 0.1) is 17.1 Å². The first-order valence-corrected chi connectivity index (χ1v) is 12.3. The van der Waals surface area contributed by atoms with E-state index >= 15 is 0 Å². The molecule has 1 amide bonds. The van der Waals surface area contributed by atoms with Gasteiger partial charge in [0.2, 0.25) is 5.91 Å². The van der Waals surface area contributed by atoms with E-state index < -0.39 is 0 Å². The van der Waals surface area contributed by atoms with Crippen LogP contribution in [0.4, 0.5) is 5.00 Å². The highest BCUT2D eigenvalue weighted by Gasteiger charge is 2.54. The molecule has 29 heavy (non-hydrogen) atoms. The number of anilines is 1. The number of hydrogen-bond acceptors (Lipinski definition) is 4. The summed E-state index contributed by atoms with van der Waals surface area (Å²) in [6.07, 6.45) is 9.92. The first kappa shape index (κ1) is 19.6. The summed E-state index contributed by atoms with van der Waals surface area (Å²) in [6, 6.07) is 0. The average molecular weight is 416 g/mol. The third kappa shape index (κ3) is 3.43. The number of hydrogen-bond donors (Lipinski definition) is 1. The largest absolute Gasteiger partial charge is 0.459 e. The normalized spacial score (nSPS) is 34.9. The van der Waals surface area contributed by atoms with Crippen molar-refractivity contribution in [3.05, 3.63) is 16.0 Å². The molecule has 4 bridgehead atoms. The molecule has 5 heteroatoms. The van der Waals surface area contributed by atoms with Crippen molar-refractivity contribution in [2.45, 2.75) is 84.7 Å². The van der Waals surface area contributed by atoms with Gasteiger partial charge in [-0.3, -0.25) is 4.79 Å².